The van der Waals surface area contributed by atoms with Crippen LogP contribution in [-0.2, 0) is 4.74 Å². The molecule has 1 N–H and O–H groups in total. The van der Waals surface area contributed by atoms with Crippen LogP contribution in [0.15, 0.2) is 18.3 Å². The molecule has 3 rings (SSSR count). The Kier molecular flexibility index (Phi) is 4.91. The molecule has 0 radical (unpaired) electrons. The van der Waals surface area contributed by atoms with Crippen molar-refractivity contribution in [2.45, 2.75) is 50.7 Å². The van der Waals surface area contributed by atoms with Crippen molar-refractivity contribution in [2.75, 3.05) is 13.1 Å². The molecule has 2 heterocycles. The van der Waals surface area contributed by atoms with Crippen LogP contribution in [0.1, 0.15) is 59.4 Å². The summed E-state index contributed by atoms with van der Waals surface area (Å²) in [6.45, 7) is 1.27. The summed E-state index contributed by atoms with van der Waals surface area (Å²) < 4.78 is 6.11. The topological polar surface area (TPSA) is 79.7 Å². The van der Waals surface area contributed by atoms with E-state index in [1.807, 2.05) is 0 Å². The van der Waals surface area contributed by atoms with Crippen LogP contribution < -0.4 is 0 Å². The van der Waals surface area contributed by atoms with Crippen LogP contribution in [0, 0.1) is 0 Å². The number of carboxylic acids is 1. The van der Waals surface area contributed by atoms with Gasteiger partial charge in [-0.05, 0) is 37.8 Å². The van der Waals surface area contributed by atoms with Gasteiger partial charge in [0.1, 0.15) is 5.69 Å². The summed E-state index contributed by atoms with van der Waals surface area (Å²) in [5.74, 6) is -1.25. The van der Waals surface area contributed by atoms with E-state index in [0.29, 0.717) is 19.2 Å². The van der Waals surface area contributed by atoms with Crippen molar-refractivity contribution in [3.05, 3.63) is 29.6 Å². The molecule has 1 aromatic rings. The number of nitrogens with zero attached hydrogens (tertiary/aromatic N) is 2. The van der Waals surface area contributed by atoms with Gasteiger partial charge in [-0.25, -0.2) is 4.79 Å². The predicted octanol–water partition coefficient (Wildman–Crippen LogP) is 2.34. The molecule has 0 bridgehead atoms. The van der Waals surface area contributed by atoms with Gasteiger partial charge in [0.15, 0.2) is 0 Å². The van der Waals surface area contributed by atoms with E-state index in [4.69, 9.17) is 9.84 Å². The van der Waals surface area contributed by atoms with Gasteiger partial charge in [0.2, 0.25) is 0 Å². The number of rotatable bonds is 4. The number of aromatic carboxylic acids is 1. The van der Waals surface area contributed by atoms with Crippen molar-refractivity contribution in [2.24, 2.45) is 0 Å². The van der Waals surface area contributed by atoms with Gasteiger partial charge in [-0.1, -0.05) is 12.8 Å². The third-order valence-electron chi connectivity index (χ3n) is 4.64. The molecule has 23 heavy (non-hydrogen) atoms. The van der Waals surface area contributed by atoms with Gasteiger partial charge in [0.25, 0.3) is 5.91 Å². The second-order valence-corrected chi connectivity index (χ2v) is 6.27. The molecule has 1 saturated heterocycles. The molecule has 1 aliphatic carbocycles. The number of carbonyl (C=O) groups is 2. The van der Waals surface area contributed by atoms with E-state index in [2.05, 4.69) is 4.98 Å². The van der Waals surface area contributed by atoms with Crippen molar-refractivity contribution < 1.29 is 19.4 Å². The number of hydrogen-bond acceptors (Lipinski definition) is 4. The summed E-state index contributed by atoms with van der Waals surface area (Å²) in [7, 11) is 0. The summed E-state index contributed by atoms with van der Waals surface area (Å²) in [6, 6.07) is 2.73. The normalized spacial score (nSPS) is 19.9. The van der Waals surface area contributed by atoms with Crippen molar-refractivity contribution >= 4 is 11.9 Å². The van der Waals surface area contributed by atoms with Gasteiger partial charge in [0.05, 0.1) is 17.8 Å². The third kappa shape index (κ3) is 3.88. The molecule has 6 heteroatoms. The highest BCUT2D eigenvalue weighted by Gasteiger charge is 2.27. The minimum Gasteiger partial charge on any atom is -0.478 e. The van der Waals surface area contributed by atoms with Crippen LogP contribution >= 0.6 is 0 Å². The summed E-state index contributed by atoms with van der Waals surface area (Å²) in [6.07, 6.45) is 8.50. The van der Waals surface area contributed by atoms with Crippen LogP contribution in [0.25, 0.3) is 0 Å². The maximum atomic E-state index is 12.5. The van der Waals surface area contributed by atoms with Gasteiger partial charge in [0, 0.05) is 19.3 Å². The lowest BCUT2D eigenvalue weighted by Gasteiger charge is -2.33. The lowest BCUT2D eigenvalue weighted by atomic mass is 10.1. The minimum atomic E-state index is -1.05. The first-order valence-electron chi connectivity index (χ1n) is 8.27. The van der Waals surface area contributed by atoms with Crippen molar-refractivity contribution in [3.63, 3.8) is 0 Å². The fourth-order valence-corrected chi connectivity index (χ4v) is 3.33. The standard InChI is InChI=1S/C17H22N2O4/c20-16(15-11-12(17(21)22)5-8-18-15)19-9-6-14(7-10-19)23-13-3-1-2-4-13/h5,8,11,13-14H,1-4,6-7,9-10H2,(H,21,22). The molecule has 2 fully saturated rings. The Morgan fingerprint density at radius 2 is 1.78 bits per heavy atom. The zero-order valence-corrected chi connectivity index (χ0v) is 13.1. The molecule has 1 aromatic heterocycles. The SMILES string of the molecule is O=C(O)c1ccnc(C(=O)N2CCC(OC3CCCC3)CC2)c1. The van der Waals surface area contributed by atoms with Gasteiger partial charge in [-0.15, -0.1) is 0 Å². The molecular formula is C17H22N2O4. The minimum absolute atomic E-state index is 0.0859. The van der Waals surface area contributed by atoms with Gasteiger partial charge >= 0.3 is 5.97 Å². The Balaban J connectivity index is 1.55. The van der Waals surface area contributed by atoms with E-state index in [1.165, 1.54) is 31.2 Å². The number of amides is 1. The molecule has 2 aliphatic rings. The van der Waals surface area contributed by atoms with E-state index in [1.54, 1.807) is 4.90 Å². The highest BCUT2D eigenvalue weighted by atomic mass is 16.5. The van der Waals surface area contributed by atoms with Crippen LogP contribution in [-0.4, -0.2) is 52.2 Å². The zero-order chi connectivity index (χ0) is 16.2. The smallest absolute Gasteiger partial charge is 0.335 e. The molecule has 0 spiro atoms. The highest BCUT2D eigenvalue weighted by Crippen LogP contribution is 2.25. The van der Waals surface area contributed by atoms with Crippen molar-refractivity contribution in [3.8, 4) is 0 Å². The maximum absolute atomic E-state index is 12.5. The van der Waals surface area contributed by atoms with E-state index in [-0.39, 0.29) is 23.3 Å². The Hall–Kier alpha value is -1.95. The molecular weight excluding hydrogens is 296 g/mol. The number of carboxylic acid groups (broad SMARTS) is 1. The average molecular weight is 318 g/mol. The number of ether oxygens (including phenoxy) is 1. The number of pyridine rings is 1. The summed E-state index contributed by atoms with van der Waals surface area (Å²) in [5.41, 5.74) is 0.280. The zero-order valence-electron chi connectivity index (χ0n) is 13.1. The first-order valence-corrected chi connectivity index (χ1v) is 8.27. The van der Waals surface area contributed by atoms with Crippen LogP contribution in [0.4, 0.5) is 0 Å². The second-order valence-electron chi connectivity index (χ2n) is 6.27. The second kappa shape index (κ2) is 7.08. The molecule has 1 aliphatic heterocycles. The fraction of sp³-hybridized carbons (Fsp3) is 0.588. The van der Waals surface area contributed by atoms with E-state index in [9.17, 15) is 9.59 Å². The number of hydrogen-bond donors (Lipinski definition) is 1. The first kappa shape index (κ1) is 15.9. The molecule has 0 aromatic carbocycles. The van der Waals surface area contributed by atoms with Gasteiger partial charge in [-0.3, -0.25) is 9.78 Å². The molecule has 6 nitrogen and oxygen atoms in total. The molecule has 0 unspecified atom stereocenters. The number of carbonyl (C=O) groups excluding carboxylic acids is 1. The van der Waals surface area contributed by atoms with Crippen molar-refractivity contribution in [1.29, 1.82) is 0 Å². The Morgan fingerprint density at radius 1 is 1.13 bits per heavy atom. The lowest BCUT2D eigenvalue weighted by Crippen LogP contribution is -2.42. The number of aromatic nitrogens is 1. The van der Waals surface area contributed by atoms with Gasteiger partial charge in [-0.2, -0.15) is 0 Å². The summed E-state index contributed by atoms with van der Waals surface area (Å²) in [4.78, 5) is 29.2. The molecule has 1 saturated carbocycles. The monoisotopic (exact) mass is 318 g/mol. The highest BCUT2D eigenvalue weighted by molar-refractivity contribution is 5.95. The Bertz CT molecular complexity index is 576. The lowest BCUT2D eigenvalue weighted by molar-refractivity contribution is -0.0358. The average Bonchev–Trinajstić information content (AvgIpc) is 3.08. The summed E-state index contributed by atoms with van der Waals surface area (Å²) in [5, 5.41) is 9.00. The molecule has 124 valence electrons. The number of likely N-dealkylation sites (tertiary alicyclic amines) is 1. The van der Waals surface area contributed by atoms with E-state index >= 15 is 0 Å². The van der Waals surface area contributed by atoms with Crippen LogP contribution in [0.2, 0.25) is 0 Å². The Morgan fingerprint density at radius 3 is 2.43 bits per heavy atom. The number of piperidine rings is 1. The van der Waals surface area contributed by atoms with E-state index in [0.717, 1.165) is 25.7 Å². The van der Waals surface area contributed by atoms with Crippen LogP contribution in [0.5, 0.6) is 0 Å². The van der Waals surface area contributed by atoms with E-state index < -0.39 is 5.97 Å². The molecule has 0 atom stereocenters. The van der Waals surface area contributed by atoms with Crippen LogP contribution in [0.3, 0.4) is 0 Å². The third-order valence-corrected chi connectivity index (χ3v) is 4.64. The maximum Gasteiger partial charge on any atom is 0.335 e. The largest absolute Gasteiger partial charge is 0.478 e. The van der Waals surface area contributed by atoms with Gasteiger partial charge < -0.3 is 14.7 Å². The first-order chi connectivity index (χ1) is 11.1. The quantitative estimate of drug-likeness (QED) is 0.921. The van der Waals surface area contributed by atoms with Crippen molar-refractivity contribution in [1.82, 2.24) is 9.88 Å². The predicted molar refractivity (Wildman–Crippen MR) is 83.5 cm³/mol. The summed E-state index contributed by atoms with van der Waals surface area (Å²) >= 11 is 0. The molecule has 1 amide bonds. The Labute approximate surface area is 135 Å². The fourth-order valence-electron chi connectivity index (χ4n) is 3.33.